The molecule has 0 aliphatic rings. The number of hydrogen-bond acceptors (Lipinski definition) is 2. The Bertz CT molecular complexity index is 342. The lowest BCUT2D eigenvalue weighted by atomic mass is 10.0. The van der Waals surface area contributed by atoms with Crippen LogP contribution in [0.3, 0.4) is 0 Å². The largest absolute Gasteiger partial charge is 0.496 e. The smallest absolute Gasteiger partial charge is 0.266 e. The zero-order chi connectivity index (χ0) is 12.2. The number of rotatable bonds is 5. The molecule has 1 aromatic rings. The van der Waals surface area contributed by atoms with E-state index in [1.54, 1.807) is 24.3 Å². The summed E-state index contributed by atoms with van der Waals surface area (Å²) in [4.78, 5) is 0. The molecule has 0 bridgehead atoms. The fourth-order valence-corrected chi connectivity index (χ4v) is 1.47. The van der Waals surface area contributed by atoms with Crippen molar-refractivity contribution in [3.63, 3.8) is 0 Å². The number of alkyl halides is 2. The summed E-state index contributed by atoms with van der Waals surface area (Å²) in [5.74, 6) is -2.28. The molecule has 16 heavy (non-hydrogen) atoms. The fraction of sp³-hybridized carbons (Fsp3) is 0.500. The second-order valence-corrected chi connectivity index (χ2v) is 3.76. The van der Waals surface area contributed by atoms with Gasteiger partial charge in [0.05, 0.1) is 13.2 Å². The van der Waals surface area contributed by atoms with Crippen LogP contribution in [0.4, 0.5) is 8.78 Å². The summed E-state index contributed by atoms with van der Waals surface area (Å²) < 4.78 is 32.5. The zero-order valence-electron chi connectivity index (χ0n) is 9.76. The molecule has 0 amide bonds. The molecular formula is C12H17F2NO. The summed E-state index contributed by atoms with van der Waals surface area (Å²) in [6, 6.07) is 5.99. The van der Waals surface area contributed by atoms with Gasteiger partial charge in [-0.1, -0.05) is 18.2 Å². The van der Waals surface area contributed by atoms with Crippen LogP contribution in [0, 0.1) is 0 Å². The molecular weight excluding hydrogens is 212 g/mol. The van der Waals surface area contributed by atoms with Gasteiger partial charge in [-0.3, -0.25) is 0 Å². The number of hydrogen-bond donors (Lipinski definition) is 1. The van der Waals surface area contributed by atoms with Crippen molar-refractivity contribution in [2.24, 2.45) is 0 Å². The average molecular weight is 229 g/mol. The minimum absolute atomic E-state index is 0.320. The summed E-state index contributed by atoms with van der Waals surface area (Å²) in [5.41, 5.74) is 0.525. The normalized spacial score (nSPS) is 13.6. The van der Waals surface area contributed by atoms with Gasteiger partial charge < -0.3 is 10.1 Å². The quantitative estimate of drug-likeness (QED) is 0.837. The maximum absolute atomic E-state index is 13.7. The maximum atomic E-state index is 13.7. The van der Waals surface area contributed by atoms with E-state index in [1.165, 1.54) is 21.1 Å². The molecule has 0 aromatic heterocycles. The average Bonchev–Trinajstić information content (AvgIpc) is 2.28. The van der Waals surface area contributed by atoms with Gasteiger partial charge in [0, 0.05) is 12.0 Å². The molecule has 1 atom stereocenters. The number of benzene rings is 1. The van der Waals surface area contributed by atoms with Gasteiger partial charge in [-0.05, 0) is 20.0 Å². The van der Waals surface area contributed by atoms with Crippen LogP contribution in [-0.4, -0.2) is 26.1 Å². The standard InChI is InChI=1S/C12H17F2NO/c1-9(15-2)12(13,14)8-10-6-4-5-7-11(10)16-3/h4-7,9,15H,8H2,1-3H3. The van der Waals surface area contributed by atoms with Crippen LogP contribution >= 0.6 is 0 Å². The Balaban J connectivity index is 2.87. The SMILES string of the molecule is CNC(C)C(F)(F)Cc1ccccc1OC. The Labute approximate surface area is 94.6 Å². The monoisotopic (exact) mass is 229 g/mol. The third-order valence-corrected chi connectivity index (χ3v) is 2.69. The van der Waals surface area contributed by atoms with E-state index in [4.69, 9.17) is 4.74 Å². The van der Waals surface area contributed by atoms with E-state index in [2.05, 4.69) is 5.32 Å². The first-order valence-corrected chi connectivity index (χ1v) is 5.18. The van der Waals surface area contributed by atoms with Gasteiger partial charge in [0.25, 0.3) is 5.92 Å². The van der Waals surface area contributed by atoms with Gasteiger partial charge in [-0.25, -0.2) is 8.78 Å². The van der Waals surface area contributed by atoms with E-state index in [0.29, 0.717) is 11.3 Å². The zero-order valence-corrected chi connectivity index (χ0v) is 9.76. The number of nitrogens with one attached hydrogen (secondary N) is 1. The molecule has 0 aliphatic heterocycles. The molecule has 1 N–H and O–H groups in total. The number of halogens is 2. The lowest BCUT2D eigenvalue weighted by molar-refractivity contribution is -0.0289. The van der Waals surface area contributed by atoms with Crippen molar-refractivity contribution in [2.45, 2.75) is 25.3 Å². The molecule has 0 spiro atoms. The molecule has 0 saturated heterocycles. The third kappa shape index (κ3) is 2.92. The summed E-state index contributed by atoms with van der Waals surface area (Å²) in [6.07, 6.45) is -0.320. The summed E-state index contributed by atoms with van der Waals surface area (Å²) >= 11 is 0. The van der Waals surface area contributed by atoms with E-state index in [1.807, 2.05) is 0 Å². The first kappa shape index (κ1) is 12.9. The van der Waals surface area contributed by atoms with Crippen molar-refractivity contribution in [1.82, 2.24) is 5.32 Å². The minimum Gasteiger partial charge on any atom is -0.496 e. The molecule has 1 unspecified atom stereocenters. The van der Waals surface area contributed by atoms with Gasteiger partial charge in [0.15, 0.2) is 0 Å². The van der Waals surface area contributed by atoms with Crippen molar-refractivity contribution in [1.29, 1.82) is 0 Å². The summed E-state index contributed by atoms with van der Waals surface area (Å²) in [7, 11) is 3.01. The van der Waals surface area contributed by atoms with Crippen LogP contribution in [0.15, 0.2) is 24.3 Å². The Morgan fingerprint density at radius 3 is 2.56 bits per heavy atom. The van der Waals surface area contributed by atoms with Crippen LogP contribution in [0.5, 0.6) is 5.75 Å². The van der Waals surface area contributed by atoms with Crippen LogP contribution in [0.1, 0.15) is 12.5 Å². The fourth-order valence-electron chi connectivity index (χ4n) is 1.47. The van der Waals surface area contributed by atoms with Gasteiger partial charge in [-0.2, -0.15) is 0 Å². The van der Waals surface area contributed by atoms with Crippen LogP contribution in [0.25, 0.3) is 0 Å². The molecule has 0 saturated carbocycles. The Hall–Kier alpha value is -1.16. The first-order chi connectivity index (χ1) is 7.51. The van der Waals surface area contributed by atoms with Gasteiger partial charge in [0.2, 0.25) is 0 Å². The molecule has 90 valence electrons. The van der Waals surface area contributed by atoms with E-state index in [-0.39, 0.29) is 6.42 Å². The van der Waals surface area contributed by atoms with Crippen LogP contribution < -0.4 is 10.1 Å². The molecule has 2 nitrogen and oxygen atoms in total. The first-order valence-electron chi connectivity index (χ1n) is 5.18. The third-order valence-electron chi connectivity index (χ3n) is 2.69. The second kappa shape index (κ2) is 5.25. The predicted octanol–water partition coefficient (Wildman–Crippen LogP) is 2.48. The second-order valence-electron chi connectivity index (χ2n) is 3.76. The lowest BCUT2D eigenvalue weighted by Gasteiger charge is -2.24. The van der Waals surface area contributed by atoms with Crippen molar-refractivity contribution >= 4 is 0 Å². The summed E-state index contributed by atoms with van der Waals surface area (Å²) in [5, 5.41) is 2.57. The van der Waals surface area contributed by atoms with Crippen molar-refractivity contribution in [3.8, 4) is 5.75 Å². The molecule has 0 aliphatic carbocycles. The molecule has 0 fully saturated rings. The highest BCUT2D eigenvalue weighted by molar-refractivity contribution is 5.34. The predicted molar refractivity (Wildman–Crippen MR) is 60.2 cm³/mol. The minimum atomic E-state index is -2.79. The highest BCUT2D eigenvalue weighted by Gasteiger charge is 2.36. The molecule has 0 heterocycles. The number of para-hydroxylation sites is 1. The van der Waals surface area contributed by atoms with Crippen LogP contribution in [-0.2, 0) is 6.42 Å². The molecule has 0 radical (unpaired) electrons. The number of ether oxygens (including phenoxy) is 1. The lowest BCUT2D eigenvalue weighted by Crippen LogP contribution is -2.42. The van der Waals surface area contributed by atoms with Crippen LogP contribution in [0.2, 0.25) is 0 Å². The molecule has 4 heteroatoms. The number of methoxy groups -OCH3 is 1. The highest BCUT2D eigenvalue weighted by Crippen LogP contribution is 2.28. The van der Waals surface area contributed by atoms with E-state index < -0.39 is 12.0 Å². The molecule has 1 rings (SSSR count). The van der Waals surface area contributed by atoms with Gasteiger partial charge in [-0.15, -0.1) is 0 Å². The van der Waals surface area contributed by atoms with Crippen molar-refractivity contribution in [3.05, 3.63) is 29.8 Å². The van der Waals surface area contributed by atoms with E-state index in [9.17, 15) is 8.78 Å². The van der Waals surface area contributed by atoms with Crippen molar-refractivity contribution < 1.29 is 13.5 Å². The van der Waals surface area contributed by atoms with E-state index in [0.717, 1.165) is 0 Å². The Kier molecular flexibility index (Phi) is 4.24. The van der Waals surface area contributed by atoms with E-state index >= 15 is 0 Å². The topological polar surface area (TPSA) is 21.3 Å². The highest BCUT2D eigenvalue weighted by atomic mass is 19.3. The maximum Gasteiger partial charge on any atom is 0.266 e. The summed E-state index contributed by atoms with van der Waals surface area (Å²) in [6.45, 7) is 1.47. The van der Waals surface area contributed by atoms with Gasteiger partial charge >= 0.3 is 0 Å². The van der Waals surface area contributed by atoms with Gasteiger partial charge in [0.1, 0.15) is 5.75 Å². The Morgan fingerprint density at radius 1 is 1.38 bits per heavy atom. The van der Waals surface area contributed by atoms with Crippen molar-refractivity contribution in [2.75, 3.05) is 14.2 Å². The Morgan fingerprint density at radius 2 is 2.00 bits per heavy atom. The molecule has 1 aromatic carbocycles.